The van der Waals surface area contributed by atoms with Crippen LogP contribution in [-0.4, -0.2) is 11.1 Å². The average molecular weight is 178 g/mol. The van der Waals surface area contributed by atoms with Crippen molar-refractivity contribution >= 4 is 5.97 Å². The highest BCUT2D eigenvalue weighted by Gasteiger charge is 2.09. The van der Waals surface area contributed by atoms with E-state index in [1.165, 1.54) is 38.2 Å². The highest BCUT2D eigenvalue weighted by molar-refractivity contribution is 5.80. The second kappa shape index (κ2) is 5.42. The Morgan fingerprint density at radius 3 is 2.62 bits per heavy atom. The molecule has 1 saturated carbocycles. The lowest BCUT2D eigenvalue weighted by atomic mass is 9.90. The monoisotopic (exact) mass is 178 g/mol. The number of carbonyl (C=O) groups is 1. The summed E-state index contributed by atoms with van der Waals surface area (Å²) in [6, 6.07) is 0. The predicted molar refractivity (Wildman–Crippen MR) is 51.1 cm³/mol. The number of allylic oxidation sites excluding steroid dienone is 1. The first kappa shape index (κ1) is 9.85. The van der Waals surface area contributed by atoms with Gasteiger partial charge in [0.05, 0.1) is 0 Å². The Bertz CT molecular complexity index is 249. The molecule has 1 rings (SSSR count). The summed E-state index contributed by atoms with van der Waals surface area (Å²) >= 11 is 0. The second-order valence-electron chi connectivity index (χ2n) is 3.30. The molecule has 70 valence electrons. The first-order valence-electron chi connectivity index (χ1n) is 4.69. The van der Waals surface area contributed by atoms with Gasteiger partial charge in [-0.2, -0.15) is 0 Å². The minimum Gasteiger partial charge on any atom is -0.478 e. The van der Waals surface area contributed by atoms with E-state index < -0.39 is 5.97 Å². The molecule has 0 unspecified atom stereocenters. The van der Waals surface area contributed by atoms with Crippen LogP contribution in [0.3, 0.4) is 0 Å². The molecule has 13 heavy (non-hydrogen) atoms. The first-order valence-corrected chi connectivity index (χ1v) is 4.69. The van der Waals surface area contributed by atoms with E-state index in [2.05, 4.69) is 11.8 Å². The minimum atomic E-state index is -0.932. The smallest absolute Gasteiger partial charge is 0.328 e. The minimum absolute atomic E-state index is 0.493. The van der Waals surface area contributed by atoms with Gasteiger partial charge < -0.3 is 5.11 Å². The molecule has 0 aromatic rings. The zero-order chi connectivity index (χ0) is 9.52. The summed E-state index contributed by atoms with van der Waals surface area (Å²) in [6.45, 7) is 0. The molecule has 0 aliphatic heterocycles. The van der Waals surface area contributed by atoms with E-state index in [9.17, 15) is 4.79 Å². The van der Waals surface area contributed by atoms with Gasteiger partial charge in [0.2, 0.25) is 0 Å². The van der Waals surface area contributed by atoms with Crippen molar-refractivity contribution in [3.63, 3.8) is 0 Å². The maximum Gasteiger partial charge on any atom is 0.328 e. The van der Waals surface area contributed by atoms with Crippen molar-refractivity contribution in [2.45, 2.75) is 32.1 Å². The van der Waals surface area contributed by atoms with Crippen molar-refractivity contribution in [3.05, 3.63) is 12.2 Å². The molecule has 0 aromatic carbocycles. The number of carboxylic acids is 1. The second-order valence-corrected chi connectivity index (χ2v) is 3.30. The zero-order valence-corrected chi connectivity index (χ0v) is 7.62. The molecule has 2 heteroatoms. The molecule has 0 atom stereocenters. The molecule has 1 aliphatic carbocycles. The Balaban J connectivity index is 2.32. The number of hydrogen-bond donors (Lipinski definition) is 1. The highest BCUT2D eigenvalue weighted by Crippen LogP contribution is 2.22. The van der Waals surface area contributed by atoms with Gasteiger partial charge in [0.1, 0.15) is 0 Å². The van der Waals surface area contributed by atoms with Crippen LogP contribution in [0.5, 0.6) is 0 Å². The number of carboxylic acid groups (broad SMARTS) is 1. The van der Waals surface area contributed by atoms with Crippen molar-refractivity contribution in [2.75, 3.05) is 0 Å². The van der Waals surface area contributed by atoms with Crippen LogP contribution in [0.4, 0.5) is 0 Å². The molecular weight excluding hydrogens is 164 g/mol. The normalized spacial score (nSPS) is 18.2. The molecule has 0 heterocycles. The molecule has 0 radical (unpaired) electrons. The quantitative estimate of drug-likeness (QED) is 0.493. The van der Waals surface area contributed by atoms with Crippen LogP contribution in [0, 0.1) is 17.8 Å². The summed E-state index contributed by atoms with van der Waals surface area (Å²) in [5.74, 6) is 5.41. The van der Waals surface area contributed by atoms with E-state index in [1.807, 2.05) is 0 Å². The van der Waals surface area contributed by atoms with Gasteiger partial charge in [-0.15, -0.1) is 0 Å². The van der Waals surface area contributed by atoms with Crippen molar-refractivity contribution < 1.29 is 9.90 Å². The average Bonchev–Trinajstić information content (AvgIpc) is 2.14. The van der Waals surface area contributed by atoms with E-state index in [4.69, 9.17) is 5.11 Å². The van der Waals surface area contributed by atoms with Crippen LogP contribution in [-0.2, 0) is 4.79 Å². The van der Waals surface area contributed by atoms with E-state index in [-0.39, 0.29) is 0 Å². The predicted octanol–water partition coefficient (Wildman–Crippen LogP) is 2.21. The Morgan fingerprint density at radius 1 is 1.31 bits per heavy atom. The van der Waals surface area contributed by atoms with E-state index in [0.717, 1.165) is 6.08 Å². The van der Waals surface area contributed by atoms with Crippen LogP contribution < -0.4 is 0 Å². The largest absolute Gasteiger partial charge is 0.478 e. The fourth-order valence-corrected chi connectivity index (χ4v) is 1.53. The molecule has 2 nitrogen and oxygen atoms in total. The lowest BCUT2D eigenvalue weighted by molar-refractivity contribution is -0.131. The van der Waals surface area contributed by atoms with Crippen LogP contribution in [0.1, 0.15) is 32.1 Å². The molecule has 1 fully saturated rings. The zero-order valence-electron chi connectivity index (χ0n) is 7.62. The van der Waals surface area contributed by atoms with Crippen molar-refractivity contribution in [1.82, 2.24) is 0 Å². The van der Waals surface area contributed by atoms with E-state index >= 15 is 0 Å². The molecular formula is C11H14O2. The van der Waals surface area contributed by atoms with Gasteiger partial charge in [0.15, 0.2) is 0 Å². The summed E-state index contributed by atoms with van der Waals surface area (Å²) in [5, 5.41) is 8.30. The van der Waals surface area contributed by atoms with Gasteiger partial charge in [-0.3, -0.25) is 0 Å². The molecule has 1 N–H and O–H groups in total. The third-order valence-electron chi connectivity index (χ3n) is 2.20. The Kier molecular flexibility index (Phi) is 4.11. The molecule has 1 aliphatic rings. The van der Waals surface area contributed by atoms with Gasteiger partial charge in [0, 0.05) is 12.0 Å². The summed E-state index contributed by atoms with van der Waals surface area (Å²) in [5.41, 5.74) is 0. The molecule has 0 aromatic heterocycles. The maximum absolute atomic E-state index is 10.1. The van der Waals surface area contributed by atoms with Gasteiger partial charge in [0.25, 0.3) is 0 Å². The topological polar surface area (TPSA) is 37.3 Å². The van der Waals surface area contributed by atoms with Crippen molar-refractivity contribution in [2.24, 2.45) is 5.92 Å². The number of aliphatic carboxylic acids is 1. The number of rotatable bonds is 1. The standard InChI is InChI=1S/C11H14O2/c12-11(13)9-5-4-8-10-6-2-1-3-7-10/h5,9-10H,1-3,6-7H2,(H,12,13)/b9-5+. The van der Waals surface area contributed by atoms with E-state index in [1.54, 1.807) is 0 Å². The lowest BCUT2D eigenvalue weighted by Gasteiger charge is -2.15. The fourth-order valence-electron chi connectivity index (χ4n) is 1.53. The molecule has 0 saturated heterocycles. The summed E-state index contributed by atoms with van der Waals surface area (Å²) in [4.78, 5) is 10.1. The third kappa shape index (κ3) is 4.37. The van der Waals surface area contributed by atoms with Crippen LogP contribution in [0.2, 0.25) is 0 Å². The molecule has 0 spiro atoms. The van der Waals surface area contributed by atoms with Gasteiger partial charge in [-0.1, -0.05) is 31.1 Å². The van der Waals surface area contributed by atoms with Crippen LogP contribution in [0.15, 0.2) is 12.2 Å². The SMILES string of the molecule is O=C(O)/C=C/C#CC1CCCCC1. The van der Waals surface area contributed by atoms with Crippen molar-refractivity contribution in [3.8, 4) is 11.8 Å². The fraction of sp³-hybridized carbons (Fsp3) is 0.545. The van der Waals surface area contributed by atoms with Gasteiger partial charge in [-0.05, 0) is 18.9 Å². The Morgan fingerprint density at radius 2 is 2.00 bits per heavy atom. The van der Waals surface area contributed by atoms with Crippen LogP contribution >= 0.6 is 0 Å². The Labute approximate surface area is 78.6 Å². The van der Waals surface area contributed by atoms with Crippen molar-refractivity contribution in [1.29, 1.82) is 0 Å². The van der Waals surface area contributed by atoms with E-state index in [0.29, 0.717) is 5.92 Å². The number of hydrogen-bond acceptors (Lipinski definition) is 1. The highest BCUT2D eigenvalue weighted by atomic mass is 16.4. The summed E-state index contributed by atoms with van der Waals surface area (Å²) in [7, 11) is 0. The first-order chi connectivity index (χ1) is 6.29. The van der Waals surface area contributed by atoms with Gasteiger partial charge >= 0.3 is 5.97 Å². The third-order valence-corrected chi connectivity index (χ3v) is 2.20. The summed E-state index contributed by atoms with van der Waals surface area (Å²) in [6.07, 6.45) is 8.70. The molecule has 0 amide bonds. The summed E-state index contributed by atoms with van der Waals surface area (Å²) < 4.78 is 0. The lowest BCUT2D eigenvalue weighted by Crippen LogP contribution is -2.02. The van der Waals surface area contributed by atoms with Crippen LogP contribution in [0.25, 0.3) is 0 Å². The molecule has 0 bridgehead atoms. The Hall–Kier alpha value is -1.23. The van der Waals surface area contributed by atoms with Gasteiger partial charge in [-0.25, -0.2) is 4.79 Å². The maximum atomic E-state index is 10.1.